The first-order valence-corrected chi connectivity index (χ1v) is 34.1. The van der Waals surface area contributed by atoms with Crippen molar-refractivity contribution in [2.75, 3.05) is 13.2 Å². The molecule has 0 rings (SSSR count). The molecule has 0 bridgehead atoms. The van der Waals surface area contributed by atoms with Crippen molar-refractivity contribution in [3.8, 4) is 0 Å². The highest BCUT2D eigenvalue weighted by Gasteiger charge is 2.20. The largest absolute Gasteiger partial charge is 0.466 e. The number of esters is 1. The van der Waals surface area contributed by atoms with Gasteiger partial charge in [0.05, 0.1) is 25.4 Å². The number of allylic oxidation sites excluding steroid dienone is 4. The van der Waals surface area contributed by atoms with Crippen LogP contribution >= 0.6 is 0 Å². The minimum absolute atomic E-state index is 0.0143. The number of unbranched alkanes of at least 4 members (excludes halogenated alkanes) is 49. The highest BCUT2D eigenvalue weighted by atomic mass is 16.5. The predicted octanol–water partition coefficient (Wildman–Crippen LogP) is 21.8. The van der Waals surface area contributed by atoms with Gasteiger partial charge in [-0.25, -0.2) is 0 Å². The zero-order valence-corrected chi connectivity index (χ0v) is 50.8. The van der Waals surface area contributed by atoms with Crippen LogP contribution in [-0.4, -0.2) is 47.4 Å². The van der Waals surface area contributed by atoms with E-state index in [1.54, 1.807) is 0 Å². The van der Waals surface area contributed by atoms with Crippen LogP contribution in [0.4, 0.5) is 0 Å². The SMILES string of the molecule is CCCCCCCCCCCCCCCCCC(O)C(CO)NC(=O)CCCCCCCCCCCCCCCCC/C=C\C/C=C\CCCCCCCCCCCOC(=O)CCCCCCCCCCCCCC. The highest BCUT2D eigenvalue weighted by molar-refractivity contribution is 5.76. The predicted molar refractivity (Wildman–Crippen MR) is 329 cm³/mol. The maximum atomic E-state index is 12.5. The summed E-state index contributed by atoms with van der Waals surface area (Å²) < 4.78 is 5.48. The number of nitrogens with one attached hydrogen (secondary N) is 1. The van der Waals surface area contributed by atoms with Crippen molar-refractivity contribution in [1.29, 1.82) is 0 Å². The number of hydrogen-bond donors (Lipinski definition) is 3. The fourth-order valence-electron chi connectivity index (χ4n) is 10.8. The molecule has 2 unspecified atom stereocenters. The van der Waals surface area contributed by atoms with Crippen molar-refractivity contribution in [1.82, 2.24) is 5.32 Å². The molecule has 2 atom stereocenters. The maximum absolute atomic E-state index is 12.5. The molecule has 0 aliphatic carbocycles. The number of rotatable bonds is 64. The minimum Gasteiger partial charge on any atom is -0.466 e. The van der Waals surface area contributed by atoms with Crippen molar-refractivity contribution in [3.63, 3.8) is 0 Å². The van der Waals surface area contributed by atoms with E-state index in [1.165, 1.54) is 302 Å². The van der Waals surface area contributed by atoms with E-state index >= 15 is 0 Å². The fourth-order valence-corrected chi connectivity index (χ4v) is 10.8. The van der Waals surface area contributed by atoms with Gasteiger partial charge in [0.1, 0.15) is 0 Å². The highest BCUT2D eigenvalue weighted by Crippen LogP contribution is 2.18. The van der Waals surface area contributed by atoms with E-state index in [4.69, 9.17) is 4.74 Å². The second kappa shape index (κ2) is 64.9. The van der Waals surface area contributed by atoms with Gasteiger partial charge in [0.2, 0.25) is 5.91 Å². The molecular formula is C69H133NO5. The summed E-state index contributed by atoms with van der Waals surface area (Å²) in [6, 6.07) is -0.540. The Balaban J connectivity index is 3.38. The van der Waals surface area contributed by atoms with Crippen molar-refractivity contribution < 1.29 is 24.5 Å². The molecule has 0 aromatic carbocycles. The Morgan fingerprint density at radius 1 is 0.373 bits per heavy atom. The standard InChI is InChI=1S/C69H133NO5/c1-3-5-7-9-11-13-15-17-35-38-41-45-49-53-57-61-67(72)66(65-71)70-68(73)62-58-54-50-46-42-39-36-33-31-29-27-25-23-21-19-18-20-22-24-26-28-30-32-34-37-40-44-48-52-56-60-64-75-69(74)63-59-55-51-47-43-16-14-12-10-8-6-4-2/h20,22,26,28,66-67,71-72H,3-19,21,23-25,27,29-65H2,1-2H3,(H,70,73)/b22-20-,28-26-. The zero-order valence-electron chi connectivity index (χ0n) is 50.8. The van der Waals surface area contributed by atoms with Gasteiger partial charge in [-0.05, 0) is 57.8 Å². The Bertz CT molecular complexity index is 1170. The van der Waals surface area contributed by atoms with Gasteiger partial charge in [0, 0.05) is 12.8 Å². The topological polar surface area (TPSA) is 95.9 Å². The Hall–Kier alpha value is -1.66. The molecular weight excluding hydrogens is 923 g/mol. The third-order valence-electron chi connectivity index (χ3n) is 16.0. The molecule has 0 aromatic rings. The second-order valence-corrected chi connectivity index (χ2v) is 23.5. The molecule has 0 fully saturated rings. The van der Waals surface area contributed by atoms with Crippen molar-refractivity contribution in [2.24, 2.45) is 0 Å². The Morgan fingerprint density at radius 2 is 0.667 bits per heavy atom. The average Bonchev–Trinajstić information content (AvgIpc) is 3.41. The summed E-state index contributed by atoms with van der Waals surface area (Å²) in [4.78, 5) is 24.5. The van der Waals surface area contributed by atoms with E-state index < -0.39 is 12.1 Å². The van der Waals surface area contributed by atoms with E-state index in [0.717, 1.165) is 44.9 Å². The van der Waals surface area contributed by atoms with Gasteiger partial charge < -0.3 is 20.3 Å². The quantitative estimate of drug-likeness (QED) is 0.0320. The Labute approximate surface area is 469 Å². The normalized spacial score (nSPS) is 12.6. The van der Waals surface area contributed by atoms with E-state index in [-0.39, 0.29) is 18.5 Å². The van der Waals surface area contributed by atoms with Gasteiger partial charge in [-0.15, -0.1) is 0 Å². The van der Waals surface area contributed by atoms with Crippen molar-refractivity contribution in [2.45, 2.75) is 392 Å². The molecule has 0 saturated heterocycles. The number of aliphatic hydroxyl groups excluding tert-OH is 2. The van der Waals surface area contributed by atoms with Crippen LogP contribution in [0, 0.1) is 0 Å². The first-order valence-electron chi connectivity index (χ1n) is 34.1. The van der Waals surface area contributed by atoms with E-state index in [9.17, 15) is 19.8 Å². The Morgan fingerprint density at radius 3 is 1.01 bits per heavy atom. The van der Waals surface area contributed by atoms with Crippen LogP contribution < -0.4 is 5.32 Å². The molecule has 6 heteroatoms. The van der Waals surface area contributed by atoms with Crippen molar-refractivity contribution in [3.05, 3.63) is 24.3 Å². The minimum atomic E-state index is -0.663. The second-order valence-electron chi connectivity index (χ2n) is 23.5. The lowest BCUT2D eigenvalue weighted by Gasteiger charge is -2.22. The molecule has 0 saturated carbocycles. The third-order valence-corrected chi connectivity index (χ3v) is 16.0. The van der Waals surface area contributed by atoms with Crippen LogP contribution in [-0.2, 0) is 14.3 Å². The summed E-state index contributed by atoms with van der Waals surface area (Å²) in [5.41, 5.74) is 0. The number of carbonyl (C=O) groups excluding carboxylic acids is 2. The summed E-state index contributed by atoms with van der Waals surface area (Å²) >= 11 is 0. The molecule has 0 aliphatic heterocycles. The van der Waals surface area contributed by atoms with Gasteiger partial charge >= 0.3 is 5.97 Å². The number of carbonyl (C=O) groups is 2. The lowest BCUT2D eigenvalue weighted by atomic mass is 10.0. The number of amides is 1. The number of hydrogen-bond acceptors (Lipinski definition) is 5. The molecule has 0 heterocycles. The van der Waals surface area contributed by atoms with Gasteiger partial charge in [-0.1, -0.05) is 334 Å². The molecule has 1 amide bonds. The molecule has 0 spiro atoms. The Kier molecular flexibility index (Phi) is 63.4. The van der Waals surface area contributed by atoms with Gasteiger partial charge in [0.25, 0.3) is 0 Å². The molecule has 0 aliphatic rings. The van der Waals surface area contributed by atoms with Crippen LogP contribution in [0.25, 0.3) is 0 Å². The average molecular weight is 1060 g/mol. The lowest BCUT2D eigenvalue weighted by molar-refractivity contribution is -0.143. The number of aliphatic hydroxyl groups is 2. The van der Waals surface area contributed by atoms with E-state index in [0.29, 0.717) is 25.9 Å². The molecule has 444 valence electrons. The monoisotopic (exact) mass is 1060 g/mol. The fraction of sp³-hybridized carbons (Fsp3) is 0.913. The summed E-state index contributed by atoms with van der Waals surface area (Å²) in [5.74, 6) is -0.0173. The molecule has 3 N–H and O–H groups in total. The van der Waals surface area contributed by atoms with Crippen molar-refractivity contribution >= 4 is 11.9 Å². The first-order chi connectivity index (χ1) is 37.0. The smallest absolute Gasteiger partial charge is 0.305 e. The molecule has 75 heavy (non-hydrogen) atoms. The van der Waals surface area contributed by atoms with Gasteiger partial charge in [-0.3, -0.25) is 9.59 Å². The van der Waals surface area contributed by atoms with Gasteiger partial charge in [0.15, 0.2) is 0 Å². The van der Waals surface area contributed by atoms with Gasteiger partial charge in [-0.2, -0.15) is 0 Å². The lowest BCUT2D eigenvalue weighted by Crippen LogP contribution is -2.45. The van der Waals surface area contributed by atoms with Crippen LogP contribution in [0.1, 0.15) is 380 Å². The third kappa shape index (κ3) is 61.4. The van der Waals surface area contributed by atoms with Crippen LogP contribution in [0.5, 0.6) is 0 Å². The van der Waals surface area contributed by atoms with E-state index in [2.05, 4.69) is 43.5 Å². The molecule has 6 nitrogen and oxygen atoms in total. The maximum Gasteiger partial charge on any atom is 0.305 e. The van der Waals surface area contributed by atoms with Crippen LogP contribution in [0.3, 0.4) is 0 Å². The summed E-state index contributed by atoms with van der Waals surface area (Å²) in [5, 5.41) is 23.3. The summed E-state index contributed by atoms with van der Waals surface area (Å²) in [7, 11) is 0. The zero-order chi connectivity index (χ0) is 54.3. The van der Waals surface area contributed by atoms with Crippen LogP contribution in [0.2, 0.25) is 0 Å². The van der Waals surface area contributed by atoms with E-state index in [1.807, 2.05) is 0 Å². The first kappa shape index (κ1) is 73.3. The number of ether oxygens (including phenoxy) is 1. The molecule has 0 radical (unpaired) electrons. The van der Waals surface area contributed by atoms with Crippen LogP contribution in [0.15, 0.2) is 24.3 Å². The summed E-state index contributed by atoms with van der Waals surface area (Å²) in [6.45, 7) is 4.98. The summed E-state index contributed by atoms with van der Waals surface area (Å²) in [6.07, 6.45) is 80.8. The molecule has 0 aromatic heterocycles.